The average Bonchev–Trinajstić information content (AvgIpc) is 3.04. The van der Waals surface area contributed by atoms with Crippen LogP contribution in [-0.4, -0.2) is 0 Å². The van der Waals surface area contributed by atoms with E-state index in [1.54, 1.807) is 0 Å². The first-order valence-electron chi connectivity index (χ1n) is 14.4. The standard InChI is InChI=1S/C41H27F/c1-26-14-16-28(17-15-26)40-35-12-6-7-13-36(35)41(37-23-20-29(24-39(37)40)27-18-21-31(42)22-19-27)38-25-30-8-2-3-9-32(30)33-10-4-5-11-34(33)38/h2-25H,1H3. The largest absolute Gasteiger partial charge is 0.207 e. The maximum absolute atomic E-state index is 13.8. The van der Waals surface area contributed by atoms with Crippen molar-refractivity contribution in [3.05, 3.63) is 157 Å². The van der Waals surface area contributed by atoms with Gasteiger partial charge < -0.3 is 0 Å². The van der Waals surface area contributed by atoms with Crippen LogP contribution >= 0.6 is 0 Å². The van der Waals surface area contributed by atoms with Gasteiger partial charge in [-0.15, -0.1) is 0 Å². The summed E-state index contributed by atoms with van der Waals surface area (Å²) in [6, 6.07) is 50.9. The molecule has 8 aromatic rings. The molecule has 0 aliphatic carbocycles. The SMILES string of the molecule is Cc1ccc(-c2c3ccccc3c(-c3cc4ccccc4c4ccccc34)c3ccc(-c4ccc(F)cc4)cc23)cc1. The van der Waals surface area contributed by atoms with Crippen LogP contribution in [0.3, 0.4) is 0 Å². The van der Waals surface area contributed by atoms with Crippen LogP contribution in [0.1, 0.15) is 5.56 Å². The van der Waals surface area contributed by atoms with Crippen molar-refractivity contribution in [1.82, 2.24) is 0 Å². The van der Waals surface area contributed by atoms with Crippen LogP contribution in [0.2, 0.25) is 0 Å². The van der Waals surface area contributed by atoms with Crippen LogP contribution in [0.25, 0.3) is 76.5 Å². The molecule has 198 valence electrons. The van der Waals surface area contributed by atoms with E-state index in [4.69, 9.17) is 0 Å². The second kappa shape index (κ2) is 9.68. The molecule has 0 unspecified atom stereocenters. The highest BCUT2D eigenvalue weighted by Crippen LogP contribution is 2.47. The molecule has 0 nitrogen and oxygen atoms in total. The van der Waals surface area contributed by atoms with Gasteiger partial charge in [0.2, 0.25) is 0 Å². The van der Waals surface area contributed by atoms with Crippen molar-refractivity contribution in [2.75, 3.05) is 0 Å². The molecule has 0 aromatic heterocycles. The van der Waals surface area contributed by atoms with Crippen molar-refractivity contribution in [2.24, 2.45) is 0 Å². The molecule has 42 heavy (non-hydrogen) atoms. The molecule has 0 spiro atoms. The third-order valence-electron chi connectivity index (χ3n) is 8.58. The van der Waals surface area contributed by atoms with Crippen LogP contribution < -0.4 is 0 Å². The third-order valence-corrected chi connectivity index (χ3v) is 8.58. The van der Waals surface area contributed by atoms with Gasteiger partial charge in [-0.3, -0.25) is 0 Å². The molecular weight excluding hydrogens is 511 g/mol. The Labute approximate surface area is 244 Å². The van der Waals surface area contributed by atoms with Gasteiger partial charge in [-0.1, -0.05) is 127 Å². The highest BCUT2D eigenvalue weighted by atomic mass is 19.1. The Bertz CT molecular complexity index is 2290. The number of rotatable bonds is 3. The maximum atomic E-state index is 13.8. The lowest BCUT2D eigenvalue weighted by molar-refractivity contribution is 0.628. The lowest BCUT2D eigenvalue weighted by Gasteiger charge is -2.20. The van der Waals surface area contributed by atoms with Crippen molar-refractivity contribution in [3.8, 4) is 33.4 Å². The maximum Gasteiger partial charge on any atom is 0.123 e. The summed E-state index contributed by atoms with van der Waals surface area (Å²) < 4.78 is 13.8. The fourth-order valence-electron chi connectivity index (χ4n) is 6.58. The molecule has 8 aromatic carbocycles. The average molecular weight is 539 g/mol. The van der Waals surface area contributed by atoms with E-state index in [2.05, 4.69) is 128 Å². The summed E-state index contributed by atoms with van der Waals surface area (Å²) in [5, 5.41) is 9.84. The monoisotopic (exact) mass is 538 g/mol. The zero-order chi connectivity index (χ0) is 28.2. The van der Waals surface area contributed by atoms with E-state index in [1.165, 1.54) is 83.0 Å². The molecule has 0 saturated heterocycles. The van der Waals surface area contributed by atoms with Crippen LogP contribution in [0.4, 0.5) is 4.39 Å². The van der Waals surface area contributed by atoms with Gasteiger partial charge in [0.25, 0.3) is 0 Å². The molecule has 1 heteroatoms. The van der Waals surface area contributed by atoms with Gasteiger partial charge >= 0.3 is 0 Å². The lowest BCUT2D eigenvalue weighted by Crippen LogP contribution is -1.93. The van der Waals surface area contributed by atoms with Gasteiger partial charge in [0.15, 0.2) is 0 Å². The number of benzene rings is 8. The van der Waals surface area contributed by atoms with Gasteiger partial charge in [-0.25, -0.2) is 4.39 Å². The Morgan fingerprint density at radius 3 is 1.67 bits per heavy atom. The molecule has 0 radical (unpaired) electrons. The molecular formula is C41H27F. The normalized spacial score (nSPS) is 11.6. The van der Waals surface area contributed by atoms with Gasteiger partial charge in [-0.05, 0) is 108 Å². The minimum absolute atomic E-state index is 0.226. The fraction of sp³-hybridized carbons (Fsp3) is 0.0244. The van der Waals surface area contributed by atoms with Gasteiger partial charge in [0, 0.05) is 0 Å². The zero-order valence-corrected chi connectivity index (χ0v) is 23.2. The van der Waals surface area contributed by atoms with Crippen molar-refractivity contribution in [1.29, 1.82) is 0 Å². The van der Waals surface area contributed by atoms with Crippen LogP contribution in [0.15, 0.2) is 146 Å². The summed E-state index contributed by atoms with van der Waals surface area (Å²) in [6.45, 7) is 2.13. The lowest BCUT2D eigenvalue weighted by atomic mass is 9.83. The summed E-state index contributed by atoms with van der Waals surface area (Å²) in [5.41, 5.74) is 8.18. The van der Waals surface area contributed by atoms with Gasteiger partial charge in [0.1, 0.15) is 5.82 Å². The highest BCUT2D eigenvalue weighted by Gasteiger charge is 2.19. The predicted molar refractivity (Wildman–Crippen MR) is 177 cm³/mol. The van der Waals surface area contributed by atoms with E-state index < -0.39 is 0 Å². The molecule has 0 bridgehead atoms. The van der Waals surface area contributed by atoms with Gasteiger partial charge in [-0.2, -0.15) is 0 Å². The van der Waals surface area contributed by atoms with Crippen LogP contribution in [-0.2, 0) is 0 Å². The first kappa shape index (κ1) is 24.5. The Morgan fingerprint density at radius 1 is 0.381 bits per heavy atom. The summed E-state index contributed by atoms with van der Waals surface area (Å²) in [6.07, 6.45) is 0. The molecule has 8 rings (SSSR count). The summed E-state index contributed by atoms with van der Waals surface area (Å²) in [4.78, 5) is 0. The van der Waals surface area contributed by atoms with Crippen molar-refractivity contribution in [2.45, 2.75) is 6.92 Å². The number of halogens is 1. The highest BCUT2D eigenvalue weighted by molar-refractivity contribution is 6.26. The fourth-order valence-corrected chi connectivity index (χ4v) is 6.58. The Morgan fingerprint density at radius 2 is 0.929 bits per heavy atom. The Hall–Kier alpha value is -5.27. The van der Waals surface area contributed by atoms with Crippen molar-refractivity contribution >= 4 is 43.1 Å². The van der Waals surface area contributed by atoms with E-state index in [-0.39, 0.29) is 5.82 Å². The number of aryl methyl sites for hydroxylation is 1. The van der Waals surface area contributed by atoms with Gasteiger partial charge in [0.05, 0.1) is 0 Å². The minimum atomic E-state index is -0.226. The first-order valence-corrected chi connectivity index (χ1v) is 14.4. The predicted octanol–water partition coefficient (Wildman–Crippen LogP) is 11.7. The Kier molecular flexibility index (Phi) is 5.65. The van der Waals surface area contributed by atoms with E-state index in [1.807, 2.05) is 12.1 Å². The van der Waals surface area contributed by atoms with E-state index in [9.17, 15) is 4.39 Å². The quantitative estimate of drug-likeness (QED) is 0.155. The zero-order valence-electron chi connectivity index (χ0n) is 23.2. The number of hydrogen-bond acceptors (Lipinski definition) is 0. The summed E-state index contributed by atoms with van der Waals surface area (Å²) in [5.74, 6) is -0.226. The topological polar surface area (TPSA) is 0 Å². The van der Waals surface area contributed by atoms with E-state index >= 15 is 0 Å². The number of fused-ring (bicyclic) bond motifs is 5. The minimum Gasteiger partial charge on any atom is -0.207 e. The summed E-state index contributed by atoms with van der Waals surface area (Å²) >= 11 is 0. The van der Waals surface area contributed by atoms with Crippen LogP contribution in [0.5, 0.6) is 0 Å². The molecule has 0 aliphatic rings. The number of hydrogen-bond donors (Lipinski definition) is 0. The third kappa shape index (κ3) is 3.89. The molecule has 0 fully saturated rings. The summed E-state index contributed by atoms with van der Waals surface area (Å²) in [7, 11) is 0. The molecule has 0 saturated carbocycles. The first-order chi connectivity index (χ1) is 20.7. The van der Waals surface area contributed by atoms with Crippen molar-refractivity contribution in [3.63, 3.8) is 0 Å². The molecule has 0 aliphatic heterocycles. The van der Waals surface area contributed by atoms with E-state index in [0.717, 1.165) is 11.1 Å². The second-order valence-corrected chi connectivity index (χ2v) is 11.1. The Balaban J connectivity index is 1.56. The molecule has 0 atom stereocenters. The molecule has 0 heterocycles. The van der Waals surface area contributed by atoms with Crippen molar-refractivity contribution < 1.29 is 4.39 Å². The van der Waals surface area contributed by atoms with E-state index in [0.29, 0.717) is 0 Å². The smallest absolute Gasteiger partial charge is 0.123 e. The second-order valence-electron chi connectivity index (χ2n) is 11.1. The van der Waals surface area contributed by atoms with Crippen LogP contribution in [0, 0.1) is 12.7 Å². The molecule has 0 N–H and O–H groups in total. The molecule has 0 amide bonds.